The fraction of sp³-hybridized carbons (Fsp3) is 0.435. The highest BCUT2D eigenvalue weighted by molar-refractivity contribution is 5.84. The maximum Gasteiger partial charge on any atom is 0.197 e. The quantitative estimate of drug-likeness (QED) is 0.754. The maximum absolute atomic E-state index is 4.97. The van der Waals surface area contributed by atoms with Gasteiger partial charge in [0.05, 0.1) is 18.6 Å². The monoisotopic (exact) mass is 347 g/mol. The number of aliphatic imine (C=N–C) groups is 1. The second kappa shape index (κ2) is 7.94. The number of hydrogen-bond acceptors (Lipinski definition) is 3. The van der Waals surface area contributed by atoms with E-state index in [1.807, 2.05) is 0 Å². The first-order chi connectivity index (χ1) is 12.8. The van der Waals surface area contributed by atoms with Gasteiger partial charge < -0.3 is 9.80 Å². The minimum absolute atomic E-state index is 0.511. The number of rotatable bonds is 7. The van der Waals surface area contributed by atoms with Gasteiger partial charge in [-0.05, 0) is 30.4 Å². The number of hydrogen-bond donors (Lipinski definition) is 0. The van der Waals surface area contributed by atoms with E-state index in [1.165, 1.54) is 29.9 Å². The Hall–Kier alpha value is -2.29. The molecule has 0 amide bonds. The molecule has 2 atom stereocenters. The number of fused-ring (bicyclic) bond motifs is 1. The third-order valence-electron chi connectivity index (χ3n) is 5.63. The van der Waals surface area contributed by atoms with E-state index in [1.54, 1.807) is 0 Å². The normalized spacial score (nSPS) is 21.8. The molecule has 3 nitrogen and oxygen atoms in total. The van der Waals surface area contributed by atoms with Crippen molar-refractivity contribution in [2.24, 2.45) is 4.99 Å². The van der Waals surface area contributed by atoms with Crippen LogP contribution >= 0.6 is 0 Å². The Kier molecular flexibility index (Phi) is 5.24. The van der Waals surface area contributed by atoms with Crippen LogP contribution in [-0.2, 0) is 12.8 Å². The third kappa shape index (κ3) is 3.62. The second-order valence-electron chi connectivity index (χ2n) is 7.53. The minimum atomic E-state index is 0.511. The molecular formula is C23H29N3. The summed E-state index contributed by atoms with van der Waals surface area (Å²) in [5.74, 6) is 1.25. The predicted octanol–water partition coefficient (Wildman–Crippen LogP) is 4.00. The summed E-state index contributed by atoms with van der Waals surface area (Å²) in [6, 6.07) is 22.8. The molecule has 1 fully saturated rings. The lowest BCUT2D eigenvalue weighted by atomic mass is 10.0. The number of nitrogens with zero attached hydrogens (tertiary/aromatic N) is 3. The number of unbranched alkanes of at least 4 members (excludes halogenated alkanes) is 1. The fourth-order valence-electron chi connectivity index (χ4n) is 4.25. The molecule has 0 bridgehead atoms. The van der Waals surface area contributed by atoms with Crippen molar-refractivity contribution in [2.45, 2.75) is 44.7 Å². The lowest BCUT2D eigenvalue weighted by Crippen LogP contribution is -2.38. The summed E-state index contributed by atoms with van der Waals surface area (Å²) in [6.07, 6.45) is 4.67. The first-order valence-corrected chi connectivity index (χ1v) is 10.0. The smallest absolute Gasteiger partial charge is 0.197 e. The number of benzene rings is 2. The van der Waals surface area contributed by atoms with Crippen LogP contribution < -0.4 is 0 Å². The molecule has 0 spiro atoms. The zero-order valence-corrected chi connectivity index (χ0v) is 15.7. The van der Waals surface area contributed by atoms with Crippen LogP contribution in [0.1, 0.15) is 30.9 Å². The molecule has 0 saturated carbocycles. The third-order valence-corrected chi connectivity index (χ3v) is 5.63. The predicted molar refractivity (Wildman–Crippen MR) is 108 cm³/mol. The molecule has 2 aliphatic rings. The molecule has 2 unspecified atom stereocenters. The van der Waals surface area contributed by atoms with Crippen molar-refractivity contribution in [3.05, 3.63) is 71.8 Å². The SMILES string of the molecule is CCCCN1C2=NCC(Cc3ccccc3)N2CC1Cc1ccccc1. The van der Waals surface area contributed by atoms with E-state index >= 15 is 0 Å². The molecule has 2 aliphatic heterocycles. The second-order valence-corrected chi connectivity index (χ2v) is 7.53. The molecule has 3 heteroatoms. The van der Waals surface area contributed by atoms with Crippen LogP contribution in [0.25, 0.3) is 0 Å². The first kappa shape index (κ1) is 17.1. The van der Waals surface area contributed by atoms with Crippen molar-refractivity contribution >= 4 is 5.96 Å². The number of guanidine groups is 1. The van der Waals surface area contributed by atoms with E-state index in [9.17, 15) is 0 Å². The molecule has 0 N–H and O–H groups in total. The lowest BCUT2D eigenvalue weighted by Gasteiger charge is -2.25. The van der Waals surface area contributed by atoms with Gasteiger partial charge in [0.15, 0.2) is 5.96 Å². The highest BCUT2D eigenvalue weighted by atomic mass is 15.5. The molecule has 2 aromatic rings. The first-order valence-electron chi connectivity index (χ1n) is 10.0. The van der Waals surface area contributed by atoms with Crippen molar-refractivity contribution in [1.82, 2.24) is 9.80 Å². The van der Waals surface area contributed by atoms with E-state index < -0.39 is 0 Å². The van der Waals surface area contributed by atoms with Gasteiger partial charge in [0.2, 0.25) is 0 Å². The average molecular weight is 348 g/mol. The topological polar surface area (TPSA) is 18.8 Å². The van der Waals surface area contributed by atoms with Gasteiger partial charge in [0.1, 0.15) is 0 Å². The fourth-order valence-corrected chi connectivity index (χ4v) is 4.25. The Morgan fingerprint density at radius 3 is 2.12 bits per heavy atom. The summed E-state index contributed by atoms with van der Waals surface area (Å²) in [6.45, 7) is 5.44. The Morgan fingerprint density at radius 1 is 0.885 bits per heavy atom. The summed E-state index contributed by atoms with van der Waals surface area (Å²) < 4.78 is 0. The Balaban J connectivity index is 1.49. The van der Waals surface area contributed by atoms with Gasteiger partial charge in [0, 0.05) is 13.1 Å². The molecule has 0 radical (unpaired) electrons. The van der Waals surface area contributed by atoms with Gasteiger partial charge in [-0.25, -0.2) is 0 Å². The average Bonchev–Trinajstić information content (AvgIpc) is 3.21. The van der Waals surface area contributed by atoms with Crippen LogP contribution in [0.5, 0.6) is 0 Å². The molecule has 0 aromatic heterocycles. The van der Waals surface area contributed by atoms with Gasteiger partial charge in [-0.3, -0.25) is 4.99 Å². The van der Waals surface area contributed by atoms with Crippen LogP contribution in [0, 0.1) is 0 Å². The molecule has 4 rings (SSSR count). The van der Waals surface area contributed by atoms with Crippen molar-refractivity contribution in [3.8, 4) is 0 Å². The summed E-state index contributed by atoms with van der Waals surface area (Å²) in [7, 11) is 0. The van der Waals surface area contributed by atoms with E-state index in [4.69, 9.17) is 4.99 Å². The molecule has 2 heterocycles. The largest absolute Gasteiger partial charge is 0.338 e. The molecule has 2 aromatic carbocycles. The van der Waals surface area contributed by atoms with Crippen molar-refractivity contribution in [1.29, 1.82) is 0 Å². The van der Waals surface area contributed by atoms with E-state index in [2.05, 4.69) is 77.4 Å². The lowest BCUT2D eigenvalue weighted by molar-refractivity contribution is 0.311. The van der Waals surface area contributed by atoms with E-state index in [0.717, 1.165) is 32.5 Å². The molecule has 0 aliphatic carbocycles. The van der Waals surface area contributed by atoms with Crippen LogP contribution in [0.2, 0.25) is 0 Å². The summed E-state index contributed by atoms with van der Waals surface area (Å²) in [5, 5.41) is 0. The van der Waals surface area contributed by atoms with Crippen LogP contribution in [0.3, 0.4) is 0 Å². The van der Waals surface area contributed by atoms with Gasteiger partial charge in [0.25, 0.3) is 0 Å². The molecule has 1 saturated heterocycles. The minimum Gasteiger partial charge on any atom is -0.338 e. The Bertz CT molecular complexity index is 726. The standard InChI is InChI=1S/C23H29N3/c1-2-3-14-25-22(16-20-12-8-5-9-13-20)18-26-21(17-24-23(25)26)15-19-10-6-4-7-11-19/h4-13,21-22H,2-3,14-18H2,1H3. The van der Waals surface area contributed by atoms with E-state index in [0.29, 0.717) is 12.1 Å². The Labute approximate surface area is 157 Å². The highest BCUT2D eigenvalue weighted by Crippen LogP contribution is 2.28. The Morgan fingerprint density at radius 2 is 1.50 bits per heavy atom. The highest BCUT2D eigenvalue weighted by Gasteiger charge is 2.41. The van der Waals surface area contributed by atoms with Crippen LogP contribution in [0.15, 0.2) is 65.7 Å². The van der Waals surface area contributed by atoms with E-state index in [-0.39, 0.29) is 0 Å². The molecular weight excluding hydrogens is 318 g/mol. The molecule has 136 valence electrons. The van der Waals surface area contributed by atoms with Gasteiger partial charge in [-0.15, -0.1) is 0 Å². The van der Waals surface area contributed by atoms with Crippen LogP contribution in [-0.4, -0.2) is 47.5 Å². The summed E-state index contributed by atoms with van der Waals surface area (Å²) in [4.78, 5) is 10.1. The molecule has 26 heavy (non-hydrogen) atoms. The van der Waals surface area contributed by atoms with Crippen LogP contribution in [0.4, 0.5) is 0 Å². The van der Waals surface area contributed by atoms with Crippen molar-refractivity contribution in [2.75, 3.05) is 19.6 Å². The maximum atomic E-state index is 4.97. The zero-order chi connectivity index (χ0) is 17.8. The summed E-state index contributed by atoms with van der Waals surface area (Å²) in [5.41, 5.74) is 2.85. The van der Waals surface area contributed by atoms with Crippen molar-refractivity contribution < 1.29 is 0 Å². The van der Waals surface area contributed by atoms with Crippen molar-refractivity contribution in [3.63, 3.8) is 0 Å². The summed E-state index contributed by atoms with van der Waals surface area (Å²) >= 11 is 0. The van der Waals surface area contributed by atoms with Gasteiger partial charge in [-0.2, -0.15) is 0 Å². The van der Waals surface area contributed by atoms with Gasteiger partial charge >= 0.3 is 0 Å². The zero-order valence-electron chi connectivity index (χ0n) is 15.7. The van der Waals surface area contributed by atoms with Gasteiger partial charge in [-0.1, -0.05) is 74.0 Å².